The molecule has 0 spiro atoms. The number of amides is 1. The predicted molar refractivity (Wildman–Crippen MR) is 97.4 cm³/mol. The number of carbonyl (C=O) groups excluding carboxylic acids is 1. The fourth-order valence-electron chi connectivity index (χ4n) is 2.16. The number of aryl methyl sites for hydroxylation is 1. The highest BCUT2D eigenvalue weighted by molar-refractivity contribution is 7.15. The zero-order valence-electron chi connectivity index (χ0n) is 13.3. The van der Waals surface area contributed by atoms with Gasteiger partial charge in [-0.05, 0) is 25.1 Å². The lowest BCUT2D eigenvalue weighted by Crippen LogP contribution is -2.20. The van der Waals surface area contributed by atoms with Gasteiger partial charge in [-0.2, -0.15) is 0 Å². The van der Waals surface area contributed by atoms with Gasteiger partial charge < -0.3 is 5.32 Å². The van der Waals surface area contributed by atoms with Gasteiger partial charge in [0, 0.05) is 22.7 Å². The number of hydrogen-bond acceptors (Lipinski definition) is 4. The van der Waals surface area contributed by atoms with Crippen LogP contribution in [0.1, 0.15) is 16.3 Å². The summed E-state index contributed by atoms with van der Waals surface area (Å²) in [7, 11) is 0. The van der Waals surface area contributed by atoms with Gasteiger partial charge in [-0.25, -0.2) is 4.98 Å². The van der Waals surface area contributed by atoms with E-state index in [-0.39, 0.29) is 5.91 Å². The quantitative estimate of drug-likeness (QED) is 0.721. The molecule has 2 aromatic heterocycles. The second-order valence-corrected chi connectivity index (χ2v) is 6.28. The van der Waals surface area contributed by atoms with Crippen LogP contribution >= 0.6 is 11.3 Å². The Morgan fingerprint density at radius 2 is 1.96 bits per heavy atom. The van der Waals surface area contributed by atoms with Gasteiger partial charge in [0.1, 0.15) is 5.01 Å². The molecular formula is C19H17N3OS. The maximum atomic E-state index is 11.9. The lowest BCUT2D eigenvalue weighted by atomic mass is 10.2. The fraction of sp³-hybridized carbons (Fsp3) is 0.105. The van der Waals surface area contributed by atoms with Crippen molar-refractivity contribution in [3.05, 3.63) is 77.1 Å². The number of nitrogens with one attached hydrogen (secondary N) is 1. The third-order valence-corrected chi connectivity index (χ3v) is 4.64. The van der Waals surface area contributed by atoms with Gasteiger partial charge in [0.15, 0.2) is 0 Å². The Morgan fingerprint density at radius 3 is 2.71 bits per heavy atom. The summed E-state index contributed by atoms with van der Waals surface area (Å²) in [6.07, 6.45) is 4.89. The molecule has 120 valence electrons. The number of benzene rings is 1. The average molecular weight is 335 g/mol. The van der Waals surface area contributed by atoms with Crippen molar-refractivity contribution < 1.29 is 4.79 Å². The van der Waals surface area contributed by atoms with E-state index in [0.717, 1.165) is 26.8 Å². The molecule has 0 saturated carbocycles. The lowest BCUT2D eigenvalue weighted by Gasteiger charge is -2.00. The minimum absolute atomic E-state index is 0.144. The van der Waals surface area contributed by atoms with E-state index >= 15 is 0 Å². The van der Waals surface area contributed by atoms with Crippen molar-refractivity contribution in [1.29, 1.82) is 0 Å². The fourth-order valence-corrected chi connectivity index (χ4v) is 3.17. The van der Waals surface area contributed by atoms with Crippen LogP contribution in [0.2, 0.25) is 0 Å². The van der Waals surface area contributed by atoms with E-state index in [9.17, 15) is 4.79 Å². The van der Waals surface area contributed by atoms with E-state index in [1.54, 1.807) is 23.6 Å². The number of thiazole rings is 1. The summed E-state index contributed by atoms with van der Waals surface area (Å²) in [6.45, 7) is 2.44. The van der Waals surface area contributed by atoms with Crippen molar-refractivity contribution in [3.8, 4) is 10.6 Å². The number of carbonyl (C=O) groups is 1. The molecule has 0 fully saturated rings. The molecule has 0 atom stereocenters. The monoisotopic (exact) mass is 335 g/mol. The maximum absolute atomic E-state index is 11.9. The van der Waals surface area contributed by atoms with E-state index in [4.69, 9.17) is 0 Å². The Balaban J connectivity index is 1.62. The molecule has 0 radical (unpaired) electrons. The van der Waals surface area contributed by atoms with Crippen LogP contribution in [-0.2, 0) is 11.3 Å². The third kappa shape index (κ3) is 4.14. The molecule has 3 rings (SSSR count). The molecule has 0 saturated heterocycles. The standard InChI is InChI=1S/C19H17N3OS/c1-14-17(24-19(22-14)15-7-3-2-4-8-15)13-21-18(23)11-10-16-9-5-6-12-20-16/h2-12H,13H2,1H3,(H,21,23)/b11-10-. The van der Waals surface area contributed by atoms with Crippen LogP contribution in [0.5, 0.6) is 0 Å². The molecule has 2 heterocycles. The van der Waals surface area contributed by atoms with Crippen LogP contribution in [-0.4, -0.2) is 15.9 Å². The van der Waals surface area contributed by atoms with Gasteiger partial charge >= 0.3 is 0 Å². The second-order valence-electron chi connectivity index (χ2n) is 5.20. The SMILES string of the molecule is Cc1nc(-c2ccccc2)sc1CNC(=O)/C=C\c1ccccn1. The molecule has 1 amide bonds. The van der Waals surface area contributed by atoms with E-state index in [1.807, 2.05) is 55.5 Å². The van der Waals surface area contributed by atoms with E-state index in [1.165, 1.54) is 6.08 Å². The van der Waals surface area contributed by atoms with Crippen LogP contribution in [0.15, 0.2) is 60.8 Å². The molecule has 4 nitrogen and oxygen atoms in total. The summed E-state index contributed by atoms with van der Waals surface area (Å²) in [5.41, 5.74) is 2.80. The number of pyridine rings is 1. The third-order valence-electron chi connectivity index (χ3n) is 3.43. The number of aromatic nitrogens is 2. The highest BCUT2D eigenvalue weighted by Crippen LogP contribution is 2.27. The lowest BCUT2D eigenvalue weighted by molar-refractivity contribution is -0.116. The van der Waals surface area contributed by atoms with Gasteiger partial charge in [-0.15, -0.1) is 11.3 Å². The Labute approximate surface area is 144 Å². The highest BCUT2D eigenvalue weighted by atomic mass is 32.1. The van der Waals surface area contributed by atoms with Crippen molar-refractivity contribution in [3.63, 3.8) is 0 Å². The number of rotatable bonds is 5. The van der Waals surface area contributed by atoms with Crippen LogP contribution in [0.25, 0.3) is 16.6 Å². The van der Waals surface area contributed by atoms with Crippen LogP contribution in [0.4, 0.5) is 0 Å². The Hall–Kier alpha value is -2.79. The Bertz CT molecular complexity index is 842. The topological polar surface area (TPSA) is 54.9 Å². The van der Waals surface area contributed by atoms with E-state index in [0.29, 0.717) is 6.54 Å². The zero-order chi connectivity index (χ0) is 16.8. The maximum Gasteiger partial charge on any atom is 0.244 e. The van der Waals surface area contributed by atoms with Gasteiger partial charge in [0.05, 0.1) is 17.9 Å². The Morgan fingerprint density at radius 1 is 1.17 bits per heavy atom. The molecule has 3 aromatic rings. The van der Waals surface area contributed by atoms with Gasteiger partial charge in [-0.1, -0.05) is 36.4 Å². The largest absolute Gasteiger partial charge is 0.348 e. The van der Waals surface area contributed by atoms with Crippen molar-refractivity contribution in [1.82, 2.24) is 15.3 Å². The molecule has 0 aliphatic rings. The van der Waals surface area contributed by atoms with Crippen LogP contribution in [0, 0.1) is 6.92 Å². The molecule has 0 bridgehead atoms. The summed E-state index contributed by atoms with van der Waals surface area (Å²) in [5.74, 6) is -0.144. The van der Waals surface area contributed by atoms with Crippen molar-refractivity contribution in [2.75, 3.05) is 0 Å². The summed E-state index contributed by atoms with van der Waals surface area (Å²) in [4.78, 5) is 21.7. The molecule has 24 heavy (non-hydrogen) atoms. The van der Waals surface area contributed by atoms with Crippen LogP contribution < -0.4 is 5.32 Å². The van der Waals surface area contributed by atoms with Gasteiger partial charge in [0.25, 0.3) is 0 Å². The average Bonchev–Trinajstić information content (AvgIpc) is 3.01. The first-order valence-corrected chi connectivity index (χ1v) is 8.43. The smallest absolute Gasteiger partial charge is 0.244 e. The summed E-state index contributed by atoms with van der Waals surface area (Å²) in [5, 5.41) is 3.87. The van der Waals surface area contributed by atoms with E-state index < -0.39 is 0 Å². The Kier molecular flexibility index (Phi) is 5.13. The highest BCUT2D eigenvalue weighted by Gasteiger charge is 2.09. The van der Waals surface area contributed by atoms with Crippen molar-refractivity contribution in [2.45, 2.75) is 13.5 Å². The normalized spacial score (nSPS) is 10.9. The van der Waals surface area contributed by atoms with Gasteiger partial charge in [-0.3, -0.25) is 9.78 Å². The van der Waals surface area contributed by atoms with Crippen molar-refractivity contribution >= 4 is 23.3 Å². The molecular weight excluding hydrogens is 318 g/mol. The minimum Gasteiger partial charge on any atom is -0.348 e. The first-order valence-electron chi connectivity index (χ1n) is 7.61. The molecule has 0 aliphatic heterocycles. The van der Waals surface area contributed by atoms with E-state index in [2.05, 4.69) is 15.3 Å². The molecule has 5 heteroatoms. The summed E-state index contributed by atoms with van der Waals surface area (Å²) in [6, 6.07) is 15.6. The molecule has 1 N–H and O–H groups in total. The van der Waals surface area contributed by atoms with Gasteiger partial charge in [0.2, 0.25) is 5.91 Å². The van der Waals surface area contributed by atoms with Crippen LogP contribution in [0.3, 0.4) is 0 Å². The molecule has 0 aliphatic carbocycles. The second kappa shape index (κ2) is 7.66. The summed E-state index contributed by atoms with van der Waals surface area (Å²) >= 11 is 1.61. The summed E-state index contributed by atoms with van der Waals surface area (Å²) < 4.78 is 0. The first kappa shape index (κ1) is 16.1. The predicted octanol–water partition coefficient (Wildman–Crippen LogP) is 3.84. The molecule has 1 aromatic carbocycles. The number of hydrogen-bond donors (Lipinski definition) is 1. The first-order chi connectivity index (χ1) is 11.7. The zero-order valence-corrected chi connectivity index (χ0v) is 14.1. The number of nitrogens with zero attached hydrogens (tertiary/aromatic N) is 2. The van der Waals surface area contributed by atoms with Crippen molar-refractivity contribution in [2.24, 2.45) is 0 Å². The molecule has 0 unspecified atom stereocenters. The minimum atomic E-state index is -0.144.